The molecule has 2 rings (SSSR count). The van der Waals surface area contributed by atoms with Gasteiger partial charge in [0.05, 0.1) is 5.75 Å². The first kappa shape index (κ1) is 23.9. The summed E-state index contributed by atoms with van der Waals surface area (Å²) in [6.07, 6.45) is 4.60. The second kappa shape index (κ2) is 11.2. The van der Waals surface area contributed by atoms with Crippen molar-refractivity contribution in [1.82, 2.24) is 4.90 Å². The predicted molar refractivity (Wildman–Crippen MR) is 121 cm³/mol. The van der Waals surface area contributed by atoms with Gasteiger partial charge < -0.3 is 9.08 Å². The topological polar surface area (TPSA) is 63.7 Å². The first-order valence-electron chi connectivity index (χ1n) is 10.7. The summed E-state index contributed by atoms with van der Waals surface area (Å²) in [5.74, 6) is 0.127. The fraction of sp³-hybridized carbons (Fsp3) is 0.458. The van der Waals surface area contributed by atoms with Gasteiger partial charge in [0, 0.05) is 18.2 Å². The SMILES string of the molecule is CCCCCc1ccc(C(=O)N(Cc2cccc(OS(=O)(=O)CC)c2)C(C)C)cc1. The number of hydrogen-bond donors (Lipinski definition) is 0. The molecule has 0 atom stereocenters. The Kier molecular flexibility index (Phi) is 8.90. The van der Waals surface area contributed by atoms with Crippen LogP contribution in [-0.2, 0) is 23.1 Å². The second-order valence-corrected chi connectivity index (χ2v) is 9.62. The average molecular weight is 432 g/mol. The van der Waals surface area contributed by atoms with Crippen molar-refractivity contribution in [2.24, 2.45) is 0 Å². The molecule has 0 aliphatic heterocycles. The van der Waals surface area contributed by atoms with Crippen LogP contribution in [0, 0.1) is 0 Å². The van der Waals surface area contributed by atoms with E-state index in [1.54, 1.807) is 23.1 Å². The minimum atomic E-state index is -3.59. The van der Waals surface area contributed by atoms with E-state index in [4.69, 9.17) is 4.18 Å². The van der Waals surface area contributed by atoms with Gasteiger partial charge >= 0.3 is 10.1 Å². The maximum Gasteiger partial charge on any atom is 0.308 e. The summed E-state index contributed by atoms with van der Waals surface area (Å²) in [4.78, 5) is 14.9. The van der Waals surface area contributed by atoms with E-state index in [1.165, 1.54) is 25.3 Å². The van der Waals surface area contributed by atoms with Crippen LogP contribution in [0.5, 0.6) is 5.75 Å². The molecule has 0 bridgehead atoms. The van der Waals surface area contributed by atoms with Crippen LogP contribution in [0.25, 0.3) is 0 Å². The molecule has 0 fully saturated rings. The number of aryl methyl sites for hydroxylation is 1. The average Bonchev–Trinajstić information content (AvgIpc) is 2.72. The van der Waals surface area contributed by atoms with Crippen molar-refractivity contribution in [2.45, 2.75) is 66.0 Å². The molecule has 5 nitrogen and oxygen atoms in total. The third-order valence-electron chi connectivity index (χ3n) is 4.98. The Hall–Kier alpha value is -2.34. The maximum absolute atomic E-state index is 13.1. The zero-order valence-corrected chi connectivity index (χ0v) is 19.2. The van der Waals surface area contributed by atoms with Crippen molar-refractivity contribution in [1.29, 1.82) is 0 Å². The molecule has 164 valence electrons. The van der Waals surface area contributed by atoms with Crippen LogP contribution in [0.4, 0.5) is 0 Å². The number of nitrogens with zero attached hydrogens (tertiary/aromatic N) is 1. The number of hydrogen-bond acceptors (Lipinski definition) is 4. The molecule has 0 radical (unpaired) electrons. The van der Waals surface area contributed by atoms with Gasteiger partial charge in [0.2, 0.25) is 0 Å². The van der Waals surface area contributed by atoms with E-state index in [1.807, 2.05) is 44.2 Å². The van der Waals surface area contributed by atoms with E-state index in [0.717, 1.165) is 18.4 Å². The van der Waals surface area contributed by atoms with Gasteiger partial charge in [-0.05, 0) is 69.0 Å². The Labute approximate surface area is 181 Å². The van der Waals surface area contributed by atoms with Crippen molar-refractivity contribution >= 4 is 16.0 Å². The lowest BCUT2D eigenvalue weighted by atomic mass is 10.0. The smallest absolute Gasteiger partial charge is 0.308 e. The fourth-order valence-electron chi connectivity index (χ4n) is 3.15. The molecule has 0 aromatic heterocycles. The van der Waals surface area contributed by atoms with Crippen molar-refractivity contribution < 1.29 is 17.4 Å². The molecule has 0 aliphatic carbocycles. The zero-order valence-electron chi connectivity index (χ0n) is 18.4. The Morgan fingerprint density at radius 3 is 2.30 bits per heavy atom. The second-order valence-electron chi connectivity index (χ2n) is 7.76. The molecule has 0 unspecified atom stereocenters. The van der Waals surface area contributed by atoms with E-state index >= 15 is 0 Å². The van der Waals surface area contributed by atoms with Crippen LogP contribution in [0.15, 0.2) is 48.5 Å². The molecule has 2 aromatic carbocycles. The molecular formula is C24H33NO4S. The lowest BCUT2D eigenvalue weighted by Gasteiger charge is -2.27. The lowest BCUT2D eigenvalue weighted by Crippen LogP contribution is -2.36. The van der Waals surface area contributed by atoms with E-state index in [-0.39, 0.29) is 23.5 Å². The summed E-state index contributed by atoms with van der Waals surface area (Å²) in [5, 5.41) is 0. The Morgan fingerprint density at radius 1 is 1.00 bits per heavy atom. The third-order valence-corrected chi connectivity index (χ3v) is 6.14. The van der Waals surface area contributed by atoms with E-state index in [0.29, 0.717) is 12.1 Å². The van der Waals surface area contributed by atoms with Crippen molar-refractivity contribution in [3.05, 3.63) is 65.2 Å². The minimum Gasteiger partial charge on any atom is -0.382 e. The molecule has 0 aliphatic rings. The highest BCUT2D eigenvalue weighted by molar-refractivity contribution is 7.87. The number of benzene rings is 2. The van der Waals surface area contributed by atoms with Gasteiger partial charge in [-0.1, -0.05) is 44.0 Å². The molecule has 6 heteroatoms. The highest BCUT2D eigenvalue weighted by Crippen LogP contribution is 2.20. The van der Waals surface area contributed by atoms with Crippen LogP contribution in [-0.4, -0.2) is 31.0 Å². The van der Waals surface area contributed by atoms with Gasteiger partial charge in [-0.15, -0.1) is 0 Å². The van der Waals surface area contributed by atoms with E-state index in [9.17, 15) is 13.2 Å². The molecule has 2 aromatic rings. The van der Waals surface area contributed by atoms with Crippen LogP contribution in [0.1, 0.15) is 68.4 Å². The largest absolute Gasteiger partial charge is 0.382 e. The number of rotatable bonds is 11. The van der Waals surface area contributed by atoms with E-state index < -0.39 is 10.1 Å². The fourth-order valence-corrected chi connectivity index (χ4v) is 3.66. The quantitative estimate of drug-likeness (QED) is 0.362. The third kappa shape index (κ3) is 7.17. The molecular weight excluding hydrogens is 398 g/mol. The Morgan fingerprint density at radius 2 is 1.70 bits per heavy atom. The molecule has 0 saturated carbocycles. The highest BCUT2D eigenvalue weighted by Gasteiger charge is 2.20. The molecule has 1 amide bonds. The lowest BCUT2D eigenvalue weighted by molar-refractivity contribution is 0.0690. The van der Waals surface area contributed by atoms with Crippen LogP contribution in [0.3, 0.4) is 0 Å². The number of carbonyl (C=O) groups is 1. The van der Waals surface area contributed by atoms with Gasteiger partial charge in [-0.2, -0.15) is 8.42 Å². The summed E-state index contributed by atoms with van der Waals surface area (Å²) < 4.78 is 28.6. The van der Waals surface area contributed by atoms with Crippen LogP contribution < -0.4 is 4.18 Å². The van der Waals surface area contributed by atoms with Crippen molar-refractivity contribution in [2.75, 3.05) is 5.75 Å². The predicted octanol–water partition coefficient (Wildman–Crippen LogP) is 5.20. The van der Waals surface area contributed by atoms with E-state index in [2.05, 4.69) is 6.92 Å². The van der Waals surface area contributed by atoms with Gasteiger partial charge in [-0.25, -0.2) is 0 Å². The van der Waals surface area contributed by atoms with Crippen molar-refractivity contribution in [3.8, 4) is 5.75 Å². The normalized spacial score (nSPS) is 11.5. The monoisotopic (exact) mass is 431 g/mol. The molecule has 0 spiro atoms. The molecule has 0 saturated heterocycles. The van der Waals surface area contributed by atoms with Crippen LogP contribution in [0.2, 0.25) is 0 Å². The van der Waals surface area contributed by atoms with Gasteiger partial charge in [0.15, 0.2) is 0 Å². The van der Waals surface area contributed by atoms with Crippen LogP contribution >= 0.6 is 0 Å². The first-order chi connectivity index (χ1) is 14.3. The maximum atomic E-state index is 13.1. The summed E-state index contributed by atoms with van der Waals surface area (Å²) in [6, 6.07) is 14.7. The molecule has 0 heterocycles. The van der Waals surface area contributed by atoms with Gasteiger partial charge in [0.25, 0.3) is 5.91 Å². The number of amides is 1. The Balaban J connectivity index is 2.13. The number of carbonyl (C=O) groups excluding carboxylic acids is 1. The summed E-state index contributed by atoms with van der Waals surface area (Å²) >= 11 is 0. The summed E-state index contributed by atoms with van der Waals surface area (Å²) in [6.45, 7) is 8.04. The summed E-state index contributed by atoms with van der Waals surface area (Å²) in [5.41, 5.74) is 2.72. The van der Waals surface area contributed by atoms with Crippen molar-refractivity contribution in [3.63, 3.8) is 0 Å². The summed E-state index contributed by atoms with van der Waals surface area (Å²) in [7, 11) is -3.59. The van der Waals surface area contributed by atoms with Gasteiger partial charge in [-0.3, -0.25) is 4.79 Å². The standard InChI is InChI=1S/C24H33NO4S/c1-5-7-8-10-20-13-15-22(16-14-20)24(26)25(19(3)4)18-21-11-9-12-23(17-21)29-30(27,28)6-2/h9,11-17,19H,5-8,10,18H2,1-4H3. The highest BCUT2D eigenvalue weighted by atomic mass is 32.2. The molecule has 30 heavy (non-hydrogen) atoms. The minimum absolute atomic E-state index is 0.00863. The van der Waals surface area contributed by atoms with Gasteiger partial charge in [0.1, 0.15) is 5.75 Å². The Bertz CT molecular complexity index is 920. The first-order valence-corrected chi connectivity index (χ1v) is 12.2. The number of unbranched alkanes of at least 4 members (excludes halogenated alkanes) is 2. The molecule has 0 N–H and O–H groups in total. The zero-order chi connectivity index (χ0) is 22.1.